The van der Waals surface area contributed by atoms with E-state index in [0.717, 1.165) is 5.56 Å². The van der Waals surface area contributed by atoms with Crippen molar-refractivity contribution < 1.29 is 5.11 Å². The molecule has 5 heteroatoms. The van der Waals surface area contributed by atoms with Crippen LogP contribution in [0.4, 0.5) is 0 Å². The Morgan fingerprint density at radius 3 is 2.39 bits per heavy atom. The number of aliphatic hydroxyl groups excluding tert-OH is 1. The van der Waals surface area contributed by atoms with Crippen molar-refractivity contribution in [3.8, 4) is 0 Å². The summed E-state index contributed by atoms with van der Waals surface area (Å²) in [6.45, 7) is 0. The molecule has 0 aliphatic carbocycles. The van der Waals surface area contributed by atoms with Gasteiger partial charge >= 0.3 is 0 Å². The maximum Gasteiger partial charge on any atom is 0.129 e. The first-order valence-electron chi connectivity index (χ1n) is 5.30. The Labute approximate surface area is 120 Å². The average Bonchev–Trinajstić information content (AvgIpc) is 2.34. The summed E-state index contributed by atoms with van der Waals surface area (Å²) in [5.74, 6) is 0. The van der Waals surface area contributed by atoms with Crippen molar-refractivity contribution in [3.05, 3.63) is 62.9 Å². The third kappa shape index (κ3) is 3.15. The Kier molecular flexibility index (Phi) is 4.46. The topological polar surface area (TPSA) is 33.1 Å². The van der Waals surface area contributed by atoms with Gasteiger partial charge in [0.2, 0.25) is 0 Å². The minimum Gasteiger partial charge on any atom is -0.388 e. The van der Waals surface area contributed by atoms with Crippen LogP contribution in [-0.2, 0) is 6.42 Å². The highest BCUT2D eigenvalue weighted by molar-refractivity contribution is 6.36. The smallest absolute Gasteiger partial charge is 0.129 e. The van der Waals surface area contributed by atoms with E-state index in [4.69, 9.17) is 34.8 Å². The van der Waals surface area contributed by atoms with Gasteiger partial charge in [0, 0.05) is 22.7 Å². The van der Waals surface area contributed by atoms with Crippen LogP contribution < -0.4 is 0 Å². The van der Waals surface area contributed by atoms with Gasteiger partial charge in [0.1, 0.15) is 5.15 Å². The van der Waals surface area contributed by atoms with E-state index in [0.29, 0.717) is 27.2 Å². The first-order chi connectivity index (χ1) is 8.58. The predicted octanol–water partition coefficient (Wildman–Crippen LogP) is 4.32. The Morgan fingerprint density at radius 1 is 1.11 bits per heavy atom. The van der Waals surface area contributed by atoms with Crippen LogP contribution >= 0.6 is 34.8 Å². The molecule has 0 spiro atoms. The van der Waals surface area contributed by atoms with E-state index < -0.39 is 6.10 Å². The quantitative estimate of drug-likeness (QED) is 0.857. The summed E-state index contributed by atoms with van der Waals surface area (Å²) in [6.07, 6.45) is 1.16. The van der Waals surface area contributed by atoms with Gasteiger partial charge in [-0.1, -0.05) is 40.9 Å². The fraction of sp³-hybridized carbons (Fsp3) is 0.154. The van der Waals surface area contributed by atoms with Gasteiger partial charge in [0.15, 0.2) is 0 Å². The highest BCUT2D eigenvalue weighted by atomic mass is 35.5. The van der Waals surface area contributed by atoms with Gasteiger partial charge < -0.3 is 5.11 Å². The monoisotopic (exact) mass is 301 g/mol. The minimum atomic E-state index is -0.720. The van der Waals surface area contributed by atoms with Crippen LogP contribution in [0.1, 0.15) is 17.2 Å². The number of aliphatic hydroxyl groups is 1. The lowest BCUT2D eigenvalue weighted by Crippen LogP contribution is -2.03. The molecule has 1 N–H and O–H groups in total. The van der Waals surface area contributed by atoms with E-state index in [1.165, 1.54) is 0 Å². The Bertz CT molecular complexity index is 539. The maximum absolute atomic E-state index is 10.1. The van der Waals surface area contributed by atoms with Crippen LogP contribution in [0.25, 0.3) is 0 Å². The van der Waals surface area contributed by atoms with Gasteiger partial charge in [-0.05, 0) is 35.4 Å². The predicted molar refractivity (Wildman–Crippen MR) is 74.4 cm³/mol. The second kappa shape index (κ2) is 5.89. The van der Waals surface area contributed by atoms with Crippen molar-refractivity contribution in [2.45, 2.75) is 12.5 Å². The molecule has 1 unspecified atom stereocenters. The minimum absolute atomic E-state index is 0.332. The highest BCUT2D eigenvalue weighted by Gasteiger charge is 2.14. The number of benzene rings is 1. The molecule has 0 saturated heterocycles. The van der Waals surface area contributed by atoms with E-state index in [-0.39, 0.29) is 0 Å². The zero-order chi connectivity index (χ0) is 13.1. The molecule has 18 heavy (non-hydrogen) atoms. The summed E-state index contributed by atoms with van der Waals surface area (Å²) in [7, 11) is 0. The molecule has 2 rings (SSSR count). The van der Waals surface area contributed by atoms with Crippen molar-refractivity contribution in [2.75, 3.05) is 0 Å². The first-order valence-corrected chi connectivity index (χ1v) is 6.43. The van der Waals surface area contributed by atoms with Crippen molar-refractivity contribution in [3.63, 3.8) is 0 Å². The first kappa shape index (κ1) is 13.6. The zero-order valence-electron chi connectivity index (χ0n) is 9.28. The molecule has 0 radical (unpaired) electrons. The van der Waals surface area contributed by atoms with Crippen molar-refractivity contribution >= 4 is 34.8 Å². The van der Waals surface area contributed by atoms with Gasteiger partial charge in [-0.2, -0.15) is 0 Å². The molecule has 0 aliphatic rings. The van der Waals surface area contributed by atoms with E-state index in [2.05, 4.69) is 4.98 Å². The highest BCUT2D eigenvalue weighted by Crippen LogP contribution is 2.29. The molecular formula is C13H10Cl3NO. The SMILES string of the molecule is OC(Cc1c(Cl)cccc1Cl)c1ccnc(Cl)c1. The van der Waals surface area contributed by atoms with Crippen LogP contribution in [-0.4, -0.2) is 10.1 Å². The van der Waals surface area contributed by atoms with Crippen molar-refractivity contribution in [2.24, 2.45) is 0 Å². The summed E-state index contributed by atoms with van der Waals surface area (Å²) in [5, 5.41) is 11.6. The third-order valence-electron chi connectivity index (χ3n) is 2.59. The molecule has 1 aromatic carbocycles. The summed E-state index contributed by atoms with van der Waals surface area (Å²) in [6, 6.07) is 8.59. The van der Waals surface area contributed by atoms with E-state index >= 15 is 0 Å². The number of hydrogen-bond acceptors (Lipinski definition) is 2. The van der Waals surface area contributed by atoms with Crippen molar-refractivity contribution in [1.82, 2.24) is 4.98 Å². The van der Waals surface area contributed by atoms with Crippen LogP contribution in [0.2, 0.25) is 15.2 Å². The van der Waals surface area contributed by atoms with Gasteiger partial charge in [-0.3, -0.25) is 0 Å². The maximum atomic E-state index is 10.1. The van der Waals surface area contributed by atoms with Gasteiger partial charge in [-0.15, -0.1) is 0 Å². The number of aromatic nitrogens is 1. The molecule has 1 atom stereocenters. The standard InChI is InChI=1S/C13H10Cl3NO/c14-10-2-1-3-11(15)9(10)7-12(18)8-4-5-17-13(16)6-8/h1-6,12,18H,7H2. The molecule has 2 nitrogen and oxygen atoms in total. The second-order valence-corrected chi connectivity index (χ2v) is 5.03. The van der Waals surface area contributed by atoms with Crippen LogP contribution in [0.5, 0.6) is 0 Å². The fourth-order valence-electron chi connectivity index (χ4n) is 1.66. The Balaban J connectivity index is 2.24. The molecular weight excluding hydrogens is 293 g/mol. The normalized spacial score (nSPS) is 12.4. The lowest BCUT2D eigenvalue weighted by molar-refractivity contribution is 0.178. The second-order valence-electron chi connectivity index (χ2n) is 3.83. The zero-order valence-corrected chi connectivity index (χ0v) is 11.5. The molecule has 0 saturated carbocycles. The molecule has 0 fully saturated rings. The lowest BCUT2D eigenvalue weighted by atomic mass is 10.0. The van der Waals surface area contributed by atoms with Gasteiger partial charge in [0.25, 0.3) is 0 Å². The largest absolute Gasteiger partial charge is 0.388 e. The number of nitrogens with zero attached hydrogens (tertiary/aromatic N) is 1. The number of halogens is 3. The van der Waals surface area contributed by atoms with Gasteiger partial charge in [-0.25, -0.2) is 4.98 Å². The summed E-state index contributed by atoms with van der Waals surface area (Å²) in [5.41, 5.74) is 1.41. The van der Waals surface area contributed by atoms with Crippen LogP contribution in [0, 0.1) is 0 Å². The summed E-state index contributed by atoms with van der Waals surface area (Å²) >= 11 is 17.9. The molecule has 0 bridgehead atoms. The molecule has 2 aromatic rings. The summed E-state index contributed by atoms with van der Waals surface area (Å²) < 4.78 is 0. The van der Waals surface area contributed by atoms with Crippen molar-refractivity contribution in [1.29, 1.82) is 0 Å². The average molecular weight is 303 g/mol. The summed E-state index contributed by atoms with van der Waals surface area (Å²) in [4.78, 5) is 3.87. The molecule has 1 aromatic heterocycles. The number of pyridine rings is 1. The third-order valence-corrected chi connectivity index (χ3v) is 3.51. The molecule has 94 valence electrons. The molecule has 0 amide bonds. The van der Waals surface area contributed by atoms with E-state index in [9.17, 15) is 5.11 Å². The Morgan fingerprint density at radius 2 is 1.78 bits per heavy atom. The number of hydrogen-bond donors (Lipinski definition) is 1. The van der Waals surface area contributed by atoms with E-state index in [1.54, 1.807) is 36.5 Å². The molecule has 1 heterocycles. The number of rotatable bonds is 3. The lowest BCUT2D eigenvalue weighted by Gasteiger charge is -2.13. The Hall–Kier alpha value is -0.800. The van der Waals surface area contributed by atoms with Gasteiger partial charge in [0.05, 0.1) is 6.10 Å². The molecule has 0 aliphatic heterocycles. The van der Waals surface area contributed by atoms with E-state index in [1.807, 2.05) is 0 Å². The fourth-order valence-corrected chi connectivity index (χ4v) is 2.40. The van der Waals surface area contributed by atoms with Crippen LogP contribution in [0.15, 0.2) is 36.5 Å². The van der Waals surface area contributed by atoms with Crippen LogP contribution in [0.3, 0.4) is 0 Å².